The van der Waals surface area contributed by atoms with Crippen LogP contribution < -0.4 is 10.6 Å². The first-order valence-corrected chi connectivity index (χ1v) is 8.25. The molecule has 0 fully saturated rings. The van der Waals surface area contributed by atoms with Crippen molar-refractivity contribution in [2.24, 2.45) is 0 Å². The summed E-state index contributed by atoms with van der Waals surface area (Å²) >= 11 is 1.40. The Hall–Kier alpha value is -2.95. The first-order valence-electron chi connectivity index (χ1n) is 7.37. The number of nitrogens with zero attached hydrogens (tertiary/aromatic N) is 8. The van der Waals surface area contributed by atoms with Crippen molar-refractivity contribution in [3.63, 3.8) is 0 Å². The SMILES string of the molecule is CC(Sc1nnnn1-c1ccc(O)cc1)c1nc(N)nc(N(C)C)n1. The van der Waals surface area contributed by atoms with Gasteiger partial charge in [-0.3, -0.25) is 0 Å². The molecular weight excluding hydrogens is 342 g/mol. The molecule has 10 nitrogen and oxygen atoms in total. The largest absolute Gasteiger partial charge is 0.508 e. The normalized spacial score (nSPS) is 12.1. The van der Waals surface area contributed by atoms with Crippen LogP contribution in [0.5, 0.6) is 5.75 Å². The number of tetrazole rings is 1. The summed E-state index contributed by atoms with van der Waals surface area (Å²) in [5.41, 5.74) is 6.51. The zero-order valence-electron chi connectivity index (χ0n) is 13.9. The number of rotatable bonds is 5. The Morgan fingerprint density at radius 2 is 1.88 bits per heavy atom. The van der Waals surface area contributed by atoms with Crippen LogP contribution in [-0.4, -0.2) is 54.4 Å². The minimum absolute atomic E-state index is 0.147. The van der Waals surface area contributed by atoms with E-state index in [1.807, 2.05) is 21.0 Å². The van der Waals surface area contributed by atoms with Crippen molar-refractivity contribution in [2.75, 3.05) is 24.7 Å². The van der Waals surface area contributed by atoms with Crippen molar-refractivity contribution in [1.29, 1.82) is 0 Å². The second-order valence-corrected chi connectivity index (χ2v) is 6.70. The average Bonchev–Trinajstić information content (AvgIpc) is 3.03. The third-order valence-electron chi connectivity index (χ3n) is 3.24. The molecule has 0 spiro atoms. The minimum atomic E-state index is -0.147. The van der Waals surface area contributed by atoms with Gasteiger partial charge in [-0.25, -0.2) is 0 Å². The summed E-state index contributed by atoms with van der Waals surface area (Å²) in [5, 5.41) is 21.6. The molecule has 0 radical (unpaired) electrons. The molecule has 3 N–H and O–H groups in total. The monoisotopic (exact) mass is 359 g/mol. The number of aromatic nitrogens is 7. The van der Waals surface area contributed by atoms with E-state index in [0.717, 1.165) is 5.69 Å². The lowest BCUT2D eigenvalue weighted by Gasteiger charge is -2.14. The summed E-state index contributed by atoms with van der Waals surface area (Å²) < 4.78 is 1.58. The standard InChI is InChI=1S/C14H17N9OS/c1-8(11-16-12(15)18-13(17-11)22(2)3)25-14-19-20-21-23(14)9-4-6-10(24)7-5-9/h4-8,24H,1-3H3,(H2,15,16,17,18). The number of nitrogens with two attached hydrogens (primary N) is 1. The van der Waals surface area contributed by atoms with Crippen LogP contribution in [0.15, 0.2) is 29.4 Å². The molecule has 1 unspecified atom stereocenters. The Morgan fingerprint density at radius 3 is 2.56 bits per heavy atom. The van der Waals surface area contributed by atoms with Gasteiger partial charge in [-0.2, -0.15) is 19.6 Å². The van der Waals surface area contributed by atoms with Crippen LogP contribution in [0, 0.1) is 0 Å². The molecule has 1 atom stereocenters. The van der Waals surface area contributed by atoms with Crippen molar-refractivity contribution in [3.05, 3.63) is 30.1 Å². The van der Waals surface area contributed by atoms with Crippen LogP contribution in [0.25, 0.3) is 5.69 Å². The van der Waals surface area contributed by atoms with E-state index in [-0.39, 0.29) is 16.9 Å². The Kier molecular flexibility index (Phi) is 4.65. The predicted molar refractivity (Wildman–Crippen MR) is 93.7 cm³/mol. The van der Waals surface area contributed by atoms with Gasteiger partial charge in [0.1, 0.15) is 11.6 Å². The van der Waals surface area contributed by atoms with Gasteiger partial charge in [0, 0.05) is 14.1 Å². The van der Waals surface area contributed by atoms with E-state index in [1.165, 1.54) is 11.8 Å². The van der Waals surface area contributed by atoms with Crippen LogP contribution in [0.2, 0.25) is 0 Å². The summed E-state index contributed by atoms with van der Waals surface area (Å²) in [7, 11) is 3.67. The maximum absolute atomic E-state index is 9.41. The lowest BCUT2D eigenvalue weighted by atomic mass is 10.3. The van der Waals surface area contributed by atoms with Crippen LogP contribution in [0.3, 0.4) is 0 Å². The van der Waals surface area contributed by atoms with Crippen LogP contribution in [-0.2, 0) is 0 Å². The van der Waals surface area contributed by atoms with E-state index in [4.69, 9.17) is 5.73 Å². The Labute approximate surface area is 148 Å². The fourth-order valence-electron chi connectivity index (χ4n) is 2.00. The average molecular weight is 359 g/mol. The summed E-state index contributed by atoms with van der Waals surface area (Å²) in [4.78, 5) is 14.5. The fraction of sp³-hybridized carbons (Fsp3) is 0.286. The highest BCUT2D eigenvalue weighted by molar-refractivity contribution is 7.99. The summed E-state index contributed by atoms with van der Waals surface area (Å²) in [6.45, 7) is 1.94. The van der Waals surface area contributed by atoms with Crippen molar-refractivity contribution in [2.45, 2.75) is 17.3 Å². The molecule has 2 aromatic heterocycles. The molecule has 0 saturated heterocycles. The third-order valence-corrected chi connectivity index (χ3v) is 4.27. The Balaban J connectivity index is 1.86. The van der Waals surface area contributed by atoms with Crippen LogP contribution in [0.4, 0.5) is 11.9 Å². The summed E-state index contributed by atoms with van der Waals surface area (Å²) in [6, 6.07) is 6.60. The molecule has 0 saturated carbocycles. The molecule has 130 valence electrons. The number of thioether (sulfide) groups is 1. The van der Waals surface area contributed by atoms with Gasteiger partial charge in [-0.15, -0.1) is 5.10 Å². The van der Waals surface area contributed by atoms with Crippen LogP contribution in [0.1, 0.15) is 18.0 Å². The van der Waals surface area contributed by atoms with E-state index in [2.05, 4.69) is 30.5 Å². The topological polar surface area (TPSA) is 132 Å². The van der Waals surface area contributed by atoms with E-state index in [1.54, 1.807) is 33.8 Å². The maximum atomic E-state index is 9.41. The zero-order valence-corrected chi connectivity index (χ0v) is 14.7. The molecule has 0 bridgehead atoms. The Morgan fingerprint density at radius 1 is 1.16 bits per heavy atom. The number of benzene rings is 1. The number of hydrogen-bond donors (Lipinski definition) is 2. The van der Waals surface area contributed by atoms with E-state index in [0.29, 0.717) is 16.9 Å². The summed E-state index contributed by atoms with van der Waals surface area (Å²) in [5.74, 6) is 1.38. The molecule has 0 aliphatic heterocycles. The highest BCUT2D eigenvalue weighted by Crippen LogP contribution is 2.33. The quantitative estimate of drug-likeness (QED) is 0.637. The first kappa shape index (κ1) is 16.9. The van der Waals surface area contributed by atoms with Crippen LogP contribution >= 0.6 is 11.8 Å². The number of anilines is 2. The number of hydrogen-bond acceptors (Lipinski definition) is 10. The summed E-state index contributed by atoms with van der Waals surface area (Å²) in [6.07, 6.45) is 0. The van der Waals surface area contributed by atoms with E-state index >= 15 is 0 Å². The highest BCUT2D eigenvalue weighted by Gasteiger charge is 2.19. The molecule has 3 rings (SSSR count). The van der Waals surface area contributed by atoms with E-state index in [9.17, 15) is 5.11 Å². The molecule has 2 heterocycles. The minimum Gasteiger partial charge on any atom is -0.508 e. The lowest BCUT2D eigenvalue weighted by molar-refractivity contribution is 0.475. The smallest absolute Gasteiger partial charge is 0.229 e. The third kappa shape index (κ3) is 3.76. The van der Waals surface area contributed by atoms with Crippen molar-refractivity contribution in [1.82, 2.24) is 35.2 Å². The molecule has 11 heteroatoms. The molecule has 25 heavy (non-hydrogen) atoms. The van der Waals surface area contributed by atoms with Gasteiger partial charge in [0.25, 0.3) is 0 Å². The van der Waals surface area contributed by atoms with Gasteiger partial charge >= 0.3 is 0 Å². The molecule has 0 amide bonds. The highest BCUT2D eigenvalue weighted by atomic mass is 32.2. The first-order chi connectivity index (χ1) is 11.9. The second-order valence-electron chi connectivity index (χ2n) is 5.40. The van der Waals surface area contributed by atoms with Gasteiger partial charge < -0.3 is 15.7 Å². The molecule has 0 aliphatic carbocycles. The van der Waals surface area contributed by atoms with Gasteiger partial charge in [-0.1, -0.05) is 11.8 Å². The number of phenolic OH excluding ortho intramolecular Hbond substituents is 1. The number of aromatic hydroxyl groups is 1. The Bertz CT molecular complexity index is 865. The van der Waals surface area contributed by atoms with Gasteiger partial charge in [-0.05, 0) is 41.6 Å². The van der Waals surface area contributed by atoms with Crippen molar-refractivity contribution < 1.29 is 5.11 Å². The number of phenols is 1. The second kappa shape index (κ2) is 6.89. The predicted octanol–water partition coefficient (Wildman–Crippen LogP) is 1.05. The fourth-order valence-corrected chi connectivity index (χ4v) is 2.85. The molecular formula is C14H17N9OS. The molecule has 3 aromatic rings. The van der Waals surface area contributed by atoms with Gasteiger partial charge in [0.05, 0.1) is 10.9 Å². The maximum Gasteiger partial charge on any atom is 0.229 e. The van der Waals surface area contributed by atoms with Gasteiger partial charge in [0.2, 0.25) is 17.1 Å². The zero-order chi connectivity index (χ0) is 18.0. The molecule has 0 aliphatic rings. The number of nitrogen functional groups attached to an aromatic ring is 1. The van der Waals surface area contributed by atoms with E-state index < -0.39 is 0 Å². The molecule has 1 aromatic carbocycles. The van der Waals surface area contributed by atoms with Crippen molar-refractivity contribution >= 4 is 23.7 Å². The van der Waals surface area contributed by atoms with Gasteiger partial charge in [0.15, 0.2) is 0 Å². The lowest BCUT2D eigenvalue weighted by Crippen LogP contribution is -2.16. The van der Waals surface area contributed by atoms with Crippen molar-refractivity contribution in [3.8, 4) is 11.4 Å².